The molecular weight excluding hydrogens is 256 g/mol. The molecule has 3 aliphatic rings. The van der Waals surface area contributed by atoms with Crippen LogP contribution in [0.3, 0.4) is 0 Å². The summed E-state index contributed by atoms with van der Waals surface area (Å²) >= 11 is 0. The van der Waals surface area contributed by atoms with Gasteiger partial charge < -0.3 is 5.32 Å². The van der Waals surface area contributed by atoms with E-state index in [0.717, 1.165) is 12.5 Å². The Morgan fingerprint density at radius 1 is 1.19 bits per heavy atom. The largest absolute Gasteiger partial charge is 0.308 e. The molecule has 4 rings (SSSR count). The van der Waals surface area contributed by atoms with Crippen molar-refractivity contribution in [3.63, 3.8) is 0 Å². The van der Waals surface area contributed by atoms with Crippen LogP contribution >= 0.6 is 0 Å². The van der Waals surface area contributed by atoms with Gasteiger partial charge in [-0.15, -0.1) is 0 Å². The van der Waals surface area contributed by atoms with Gasteiger partial charge in [-0.25, -0.2) is 0 Å². The van der Waals surface area contributed by atoms with E-state index in [2.05, 4.69) is 48.3 Å². The predicted molar refractivity (Wildman–Crippen MR) is 87.7 cm³/mol. The molecule has 2 heteroatoms. The smallest absolute Gasteiger partial charge is 0.0309 e. The molecule has 1 atom stereocenters. The first-order valence-corrected chi connectivity index (χ1v) is 8.66. The van der Waals surface area contributed by atoms with Gasteiger partial charge in [0, 0.05) is 36.6 Å². The van der Waals surface area contributed by atoms with Crippen LogP contribution in [0.25, 0.3) is 0 Å². The molecule has 1 aliphatic heterocycles. The third-order valence-electron chi connectivity index (χ3n) is 6.21. The van der Waals surface area contributed by atoms with Gasteiger partial charge in [0.1, 0.15) is 0 Å². The summed E-state index contributed by atoms with van der Waals surface area (Å²) in [5, 5.41) is 3.90. The molecule has 0 radical (unpaired) electrons. The van der Waals surface area contributed by atoms with Gasteiger partial charge in [0.15, 0.2) is 0 Å². The molecule has 1 aromatic rings. The molecular formula is C19H28N2. The van der Waals surface area contributed by atoms with Crippen molar-refractivity contribution in [1.82, 2.24) is 10.2 Å². The Balaban J connectivity index is 1.50. The Kier molecular flexibility index (Phi) is 3.16. The van der Waals surface area contributed by atoms with E-state index in [1.807, 2.05) is 0 Å². The van der Waals surface area contributed by atoms with Crippen LogP contribution in [-0.2, 0) is 6.42 Å². The first-order valence-electron chi connectivity index (χ1n) is 8.66. The van der Waals surface area contributed by atoms with Crippen molar-refractivity contribution in [2.24, 2.45) is 0 Å². The minimum atomic E-state index is 0.290. The summed E-state index contributed by atoms with van der Waals surface area (Å²) in [5.41, 5.74) is 3.90. The molecule has 2 nitrogen and oxygen atoms in total. The van der Waals surface area contributed by atoms with Gasteiger partial charge in [-0.2, -0.15) is 0 Å². The zero-order valence-electron chi connectivity index (χ0n) is 13.5. The summed E-state index contributed by atoms with van der Waals surface area (Å²) in [7, 11) is 0. The molecule has 1 saturated heterocycles. The monoisotopic (exact) mass is 284 g/mol. The van der Waals surface area contributed by atoms with Gasteiger partial charge in [0.25, 0.3) is 0 Å². The van der Waals surface area contributed by atoms with Crippen molar-refractivity contribution in [2.45, 2.75) is 62.9 Å². The zero-order chi connectivity index (χ0) is 14.5. The van der Waals surface area contributed by atoms with Crippen molar-refractivity contribution in [3.05, 3.63) is 35.4 Å². The maximum Gasteiger partial charge on any atom is 0.0309 e. The Morgan fingerprint density at radius 2 is 1.95 bits per heavy atom. The second kappa shape index (κ2) is 4.82. The lowest BCUT2D eigenvalue weighted by Gasteiger charge is -2.52. The first kappa shape index (κ1) is 13.8. The maximum atomic E-state index is 3.90. The van der Waals surface area contributed by atoms with Gasteiger partial charge >= 0.3 is 0 Å². The lowest BCUT2D eigenvalue weighted by atomic mass is 9.76. The topological polar surface area (TPSA) is 15.3 Å². The number of nitrogens with one attached hydrogen (secondary N) is 1. The second-order valence-corrected chi connectivity index (χ2v) is 8.13. The highest BCUT2D eigenvalue weighted by atomic mass is 15.3. The first-order chi connectivity index (χ1) is 10.1. The van der Waals surface area contributed by atoms with E-state index >= 15 is 0 Å². The van der Waals surface area contributed by atoms with Crippen molar-refractivity contribution in [1.29, 1.82) is 0 Å². The van der Waals surface area contributed by atoms with Gasteiger partial charge in [0.2, 0.25) is 0 Å². The number of hydrogen-bond acceptors (Lipinski definition) is 2. The fraction of sp³-hybridized carbons (Fsp3) is 0.684. The quantitative estimate of drug-likeness (QED) is 0.896. The van der Waals surface area contributed by atoms with Crippen molar-refractivity contribution < 1.29 is 0 Å². The zero-order valence-corrected chi connectivity index (χ0v) is 13.5. The van der Waals surface area contributed by atoms with E-state index in [1.54, 1.807) is 11.1 Å². The standard InChI is InChI=1S/C19H28N2/c1-18(2)13-20-19(9-5-6-10-19)14-21(18)12-16-11-15-7-3-4-8-17(15)16/h3-4,7-8,16,20H,5-6,9-14H2,1-2H3. The van der Waals surface area contributed by atoms with Crippen LogP contribution in [0.4, 0.5) is 0 Å². The van der Waals surface area contributed by atoms with E-state index in [1.165, 1.54) is 45.2 Å². The molecule has 1 aromatic carbocycles. The van der Waals surface area contributed by atoms with Crippen LogP contribution in [0.1, 0.15) is 56.6 Å². The van der Waals surface area contributed by atoms with E-state index in [0.29, 0.717) is 11.1 Å². The molecule has 0 bridgehead atoms. The minimum absolute atomic E-state index is 0.290. The lowest BCUT2D eigenvalue weighted by molar-refractivity contribution is 0.0217. The predicted octanol–water partition coefficient (Wildman–Crippen LogP) is 3.32. The van der Waals surface area contributed by atoms with Crippen LogP contribution in [0, 0.1) is 0 Å². The summed E-state index contributed by atoms with van der Waals surface area (Å²) in [4.78, 5) is 2.79. The van der Waals surface area contributed by atoms with Crippen LogP contribution < -0.4 is 5.32 Å². The number of fused-ring (bicyclic) bond motifs is 1. The van der Waals surface area contributed by atoms with Gasteiger partial charge in [-0.3, -0.25) is 4.90 Å². The van der Waals surface area contributed by atoms with E-state index < -0.39 is 0 Å². The molecule has 2 aliphatic carbocycles. The summed E-state index contributed by atoms with van der Waals surface area (Å²) in [6, 6.07) is 9.01. The van der Waals surface area contributed by atoms with E-state index in [9.17, 15) is 0 Å². The number of piperazine rings is 1. The Bertz CT molecular complexity index is 528. The summed E-state index contributed by atoms with van der Waals surface area (Å²) < 4.78 is 0. The third kappa shape index (κ3) is 2.33. The van der Waals surface area contributed by atoms with Gasteiger partial charge in [-0.1, -0.05) is 37.1 Å². The highest BCUT2D eigenvalue weighted by Crippen LogP contribution is 2.40. The molecule has 1 spiro atoms. The molecule has 1 unspecified atom stereocenters. The van der Waals surface area contributed by atoms with Crippen molar-refractivity contribution >= 4 is 0 Å². The molecule has 2 fully saturated rings. The molecule has 0 amide bonds. The van der Waals surface area contributed by atoms with Crippen molar-refractivity contribution in [2.75, 3.05) is 19.6 Å². The highest BCUT2D eigenvalue weighted by Gasteiger charge is 2.45. The molecule has 1 saturated carbocycles. The Morgan fingerprint density at radius 3 is 2.71 bits per heavy atom. The number of nitrogens with zero attached hydrogens (tertiary/aromatic N) is 1. The minimum Gasteiger partial charge on any atom is -0.308 e. The van der Waals surface area contributed by atoms with Gasteiger partial charge in [0.05, 0.1) is 0 Å². The Hall–Kier alpha value is -0.860. The summed E-state index contributed by atoms with van der Waals surface area (Å²) in [5.74, 6) is 0.761. The molecule has 0 aromatic heterocycles. The fourth-order valence-electron chi connectivity index (χ4n) is 4.64. The molecule has 1 N–H and O–H groups in total. The molecule has 21 heavy (non-hydrogen) atoms. The molecule has 114 valence electrons. The SMILES string of the molecule is CC1(C)CNC2(CCCC2)CN1CC1Cc2ccccc21. The third-order valence-corrected chi connectivity index (χ3v) is 6.21. The molecule has 1 heterocycles. The van der Waals surface area contributed by atoms with Crippen molar-refractivity contribution in [3.8, 4) is 0 Å². The normalized spacial score (nSPS) is 30.1. The van der Waals surface area contributed by atoms with Crippen LogP contribution in [0.2, 0.25) is 0 Å². The van der Waals surface area contributed by atoms with Crippen LogP contribution in [0.5, 0.6) is 0 Å². The summed E-state index contributed by atoms with van der Waals surface area (Å²) in [6.45, 7) is 8.45. The van der Waals surface area contributed by atoms with E-state index in [4.69, 9.17) is 0 Å². The Labute approximate surface area is 128 Å². The maximum absolute atomic E-state index is 3.90. The average Bonchev–Trinajstić information content (AvgIpc) is 2.89. The van der Waals surface area contributed by atoms with E-state index in [-0.39, 0.29) is 0 Å². The lowest BCUT2D eigenvalue weighted by Crippen LogP contribution is -2.67. The average molecular weight is 284 g/mol. The second-order valence-electron chi connectivity index (χ2n) is 8.13. The summed E-state index contributed by atoms with van der Waals surface area (Å²) in [6.07, 6.45) is 6.85. The van der Waals surface area contributed by atoms with Gasteiger partial charge in [-0.05, 0) is 44.2 Å². The highest BCUT2D eigenvalue weighted by molar-refractivity contribution is 5.40. The van der Waals surface area contributed by atoms with Crippen LogP contribution in [0.15, 0.2) is 24.3 Å². The number of benzene rings is 1. The van der Waals surface area contributed by atoms with Crippen LogP contribution in [-0.4, -0.2) is 35.6 Å². The number of rotatable bonds is 2. The number of hydrogen-bond donors (Lipinski definition) is 1. The fourth-order valence-corrected chi connectivity index (χ4v) is 4.64.